The smallest absolute Gasteiger partial charge is 0.227 e. The van der Waals surface area contributed by atoms with Crippen molar-refractivity contribution in [1.82, 2.24) is 29.9 Å². The monoisotopic (exact) mass is 354 g/mol. The van der Waals surface area contributed by atoms with Crippen LogP contribution in [0, 0.1) is 11.8 Å². The first-order chi connectivity index (χ1) is 12.7. The van der Waals surface area contributed by atoms with Gasteiger partial charge in [0.1, 0.15) is 5.82 Å². The summed E-state index contributed by atoms with van der Waals surface area (Å²) in [6, 6.07) is 0. The standard InChI is InChI=1S/C19H26N6O/c1-2-25-9-12(8-20-25)7-17(26)24-10-15(13-3-4-13)16(11-24)19-21-18(22-23-19)14-5-6-14/h8-9,13-16H,2-7,10-11H2,1H3,(H,21,22,23)/t15-,16+/m1/s1. The number of amides is 1. The Morgan fingerprint density at radius 1 is 1.27 bits per heavy atom. The molecule has 0 bridgehead atoms. The fourth-order valence-electron chi connectivity index (χ4n) is 4.26. The molecular weight excluding hydrogens is 328 g/mol. The van der Waals surface area contributed by atoms with Crippen LogP contribution in [-0.2, 0) is 17.8 Å². The number of nitrogens with one attached hydrogen (secondary N) is 1. The number of hydrogen-bond donors (Lipinski definition) is 1. The van der Waals surface area contributed by atoms with E-state index in [0.717, 1.165) is 42.8 Å². The van der Waals surface area contributed by atoms with Crippen LogP contribution in [0.15, 0.2) is 12.4 Å². The van der Waals surface area contributed by atoms with Crippen LogP contribution >= 0.6 is 0 Å². The molecule has 2 atom stereocenters. The Labute approximate surface area is 153 Å². The number of aromatic amines is 1. The van der Waals surface area contributed by atoms with Gasteiger partial charge in [-0.3, -0.25) is 14.6 Å². The highest BCUT2D eigenvalue weighted by atomic mass is 16.2. The fourth-order valence-corrected chi connectivity index (χ4v) is 4.26. The third-order valence-electron chi connectivity index (χ3n) is 6.13. The maximum atomic E-state index is 12.8. The highest BCUT2D eigenvalue weighted by Crippen LogP contribution is 2.47. The molecule has 26 heavy (non-hydrogen) atoms. The van der Waals surface area contributed by atoms with Gasteiger partial charge in [-0.25, -0.2) is 4.98 Å². The van der Waals surface area contributed by atoms with Crippen molar-refractivity contribution in [2.45, 2.75) is 57.4 Å². The topological polar surface area (TPSA) is 79.7 Å². The largest absolute Gasteiger partial charge is 0.341 e. The number of nitrogens with zero attached hydrogens (tertiary/aromatic N) is 5. The number of hydrogen-bond acceptors (Lipinski definition) is 4. The van der Waals surface area contributed by atoms with Crippen molar-refractivity contribution in [3.8, 4) is 0 Å². The molecule has 3 aliphatic rings. The second-order valence-electron chi connectivity index (χ2n) is 8.14. The van der Waals surface area contributed by atoms with E-state index in [0.29, 0.717) is 24.2 Å². The number of carbonyl (C=O) groups excluding carboxylic acids is 1. The van der Waals surface area contributed by atoms with Gasteiger partial charge < -0.3 is 4.90 Å². The Hall–Kier alpha value is -2.18. The lowest BCUT2D eigenvalue weighted by molar-refractivity contribution is -0.129. The van der Waals surface area contributed by atoms with Crippen molar-refractivity contribution in [2.24, 2.45) is 11.8 Å². The van der Waals surface area contributed by atoms with Crippen molar-refractivity contribution in [3.05, 3.63) is 29.6 Å². The van der Waals surface area contributed by atoms with Crippen LogP contribution in [0.25, 0.3) is 0 Å². The molecule has 0 spiro atoms. The zero-order chi connectivity index (χ0) is 17.7. The third-order valence-corrected chi connectivity index (χ3v) is 6.13. The average Bonchev–Trinajstić information content (AvgIpc) is 3.53. The van der Waals surface area contributed by atoms with Gasteiger partial charge in [0.25, 0.3) is 0 Å². The summed E-state index contributed by atoms with van der Waals surface area (Å²) in [4.78, 5) is 19.7. The van der Waals surface area contributed by atoms with Crippen molar-refractivity contribution in [3.63, 3.8) is 0 Å². The zero-order valence-electron chi connectivity index (χ0n) is 15.3. The van der Waals surface area contributed by atoms with Gasteiger partial charge in [0, 0.05) is 37.7 Å². The maximum Gasteiger partial charge on any atom is 0.227 e. The Balaban J connectivity index is 1.30. The van der Waals surface area contributed by atoms with Crippen molar-refractivity contribution >= 4 is 5.91 Å². The quantitative estimate of drug-likeness (QED) is 0.861. The van der Waals surface area contributed by atoms with Crippen LogP contribution in [0.2, 0.25) is 0 Å². The number of likely N-dealkylation sites (tertiary alicyclic amines) is 1. The molecule has 138 valence electrons. The average molecular weight is 354 g/mol. The molecule has 0 radical (unpaired) electrons. The molecule has 2 aliphatic carbocycles. The van der Waals surface area contributed by atoms with Gasteiger partial charge >= 0.3 is 0 Å². The Bertz CT molecular complexity index is 803. The van der Waals surface area contributed by atoms with Gasteiger partial charge in [0.2, 0.25) is 5.91 Å². The molecule has 1 saturated heterocycles. The molecule has 2 aromatic rings. The predicted molar refractivity (Wildman–Crippen MR) is 95.5 cm³/mol. The van der Waals surface area contributed by atoms with Crippen LogP contribution in [0.3, 0.4) is 0 Å². The van der Waals surface area contributed by atoms with Gasteiger partial charge in [-0.05, 0) is 50.0 Å². The van der Waals surface area contributed by atoms with Crippen molar-refractivity contribution < 1.29 is 4.79 Å². The van der Waals surface area contributed by atoms with Gasteiger partial charge in [0.15, 0.2) is 5.82 Å². The lowest BCUT2D eigenvalue weighted by atomic mass is 9.91. The van der Waals surface area contributed by atoms with E-state index in [-0.39, 0.29) is 5.91 Å². The lowest BCUT2D eigenvalue weighted by Crippen LogP contribution is -2.30. The van der Waals surface area contributed by atoms with E-state index >= 15 is 0 Å². The van der Waals surface area contributed by atoms with Crippen LogP contribution in [0.5, 0.6) is 0 Å². The minimum absolute atomic E-state index is 0.204. The Morgan fingerprint density at radius 2 is 2.12 bits per heavy atom. The summed E-state index contributed by atoms with van der Waals surface area (Å²) >= 11 is 0. The van der Waals surface area contributed by atoms with E-state index in [1.807, 2.05) is 22.0 Å². The van der Waals surface area contributed by atoms with E-state index in [9.17, 15) is 4.79 Å². The summed E-state index contributed by atoms with van der Waals surface area (Å²) < 4.78 is 1.87. The first-order valence-electron chi connectivity index (χ1n) is 9.92. The molecule has 0 aromatic carbocycles. The molecule has 3 heterocycles. The van der Waals surface area contributed by atoms with Gasteiger partial charge in [0.05, 0.1) is 12.6 Å². The SMILES string of the molecule is CCn1cc(CC(=O)N2C[C@H](c3nc(C4CC4)n[nH]3)[C@@H](C3CC3)C2)cn1. The normalized spacial score (nSPS) is 25.8. The second-order valence-corrected chi connectivity index (χ2v) is 8.14. The predicted octanol–water partition coefficient (Wildman–Crippen LogP) is 2.09. The Morgan fingerprint density at radius 3 is 2.81 bits per heavy atom. The van der Waals surface area contributed by atoms with Gasteiger partial charge in [-0.1, -0.05) is 0 Å². The van der Waals surface area contributed by atoms with E-state index in [2.05, 4.69) is 22.2 Å². The van der Waals surface area contributed by atoms with E-state index in [4.69, 9.17) is 4.98 Å². The van der Waals surface area contributed by atoms with Crippen LogP contribution < -0.4 is 0 Å². The van der Waals surface area contributed by atoms with Gasteiger partial charge in [-0.15, -0.1) is 0 Å². The lowest BCUT2D eigenvalue weighted by Gasteiger charge is -2.15. The molecule has 3 fully saturated rings. The molecule has 5 rings (SSSR count). The fraction of sp³-hybridized carbons (Fsp3) is 0.684. The van der Waals surface area contributed by atoms with E-state index in [1.165, 1.54) is 25.7 Å². The third kappa shape index (κ3) is 3.04. The molecule has 7 heteroatoms. The summed E-state index contributed by atoms with van der Waals surface area (Å²) in [6.07, 6.45) is 9.22. The summed E-state index contributed by atoms with van der Waals surface area (Å²) in [6.45, 7) is 4.51. The minimum Gasteiger partial charge on any atom is -0.341 e. The van der Waals surface area contributed by atoms with Crippen molar-refractivity contribution in [1.29, 1.82) is 0 Å². The first-order valence-corrected chi connectivity index (χ1v) is 9.92. The first kappa shape index (κ1) is 16.0. The molecule has 1 amide bonds. The van der Waals surface area contributed by atoms with Crippen molar-refractivity contribution in [2.75, 3.05) is 13.1 Å². The molecule has 2 saturated carbocycles. The minimum atomic E-state index is 0.204. The number of carbonyl (C=O) groups is 1. The molecule has 1 aliphatic heterocycles. The summed E-state index contributed by atoms with van der Waals surface area (Å²) in [7, 11) is 0. The van der Waals surface area contributed by atoms with Gasteiger partial charge in [-0.2, -0.15) is 10.2 Å². The van der Waals surface area contributed by atoms with E-state index in [1.54, 1.807) is 0 Å². The molecular formula is C19H26N6O. The molecule has 0 unspecified atom stereocenters. The molecule has 7 nitrogen and oxygen atoms in total. The zero-order valence-corrected chi connectivity index (χ0v) is 15.3. The Kier molecular flexibility index (Phi) is 3.83. The summed E-state index contributed by atoms with van der Waals surface area (Å²) in [5, 5.41) is 11.9. The van der Waals surface area contributed by atoms with Crippen LogP contribution in [0.1, 0.15) is 61.7 Å². The highest BCUT2D eigenvalue weighted by Gasteiger charge is 2.45. The second kappa shape index (κ2) is 6.21. The summed E-state index contributed by atoms with van der Waals surface area (Å²) in [5.41, 5.74) is 0.999. The van der Waals surface area contributed by atoms with Crippen LogP contribution in [-0.4, -0.2) is 48.9 Å². The summed E-state index contributed by atoms with van der Waals surface area (Å²) in [5.74, 6) is 4.32. The molecule has 1 N–H and O–H groups in total. The molecule has 2 aromatic heterocycles. The highest BCUT2D eigenvalue weighted by molar-refractivity contribution is 5.79. The number of H-pyrrole nitrogens is 1. The number of aromatic nitrogens is 5. The maximum absolute atomic E-state index is 12.8. The number of aryl methyl sites for hydroxylation is 1. The van der Waals surface area contributed by atoms with Crippen LogP contribution in [0.4, 0.5) is 0 Å². The van der Waals surface area contributed by atoms with E-state index < -0.39 is 0 Å². The number of rotatable bonds is 6.